The predicted octanol–water partition coefficient (Wildman–Crippen LogP) is 4.63. The van der Waals surface area contributed by atoms with E-state index in [1.807, 2.05) is 0 Å². The van der Waals surface area contributed by atoms with Gasteiger partial charge in [-0.2, -0.15) is 8.42 Å². The lowest BCUT2D eigenvalue weighted by molar-refractivity contribution is -0.384. The Morgan fingerprint density at radius 1 is 1.04 bits per heavy atom. The van der Waals surface area contributed by atoms with Crippen LogP contribution in [0, 0.1) is 10.1 Å². The highest BCUT2D eigenvalue weighted by Gasteiger charge is 2.14. The fourth-order valence-electron chi connectivity index (χ4n) is 1.92. The van der Waals surface area contributed by atoms with Crippen molar-refractivity contribution < 1.29 is 17.2 Å². The van der Waals surface area contributed by atoms with Gasteiger partial charge in [-0.15, -0.1) is 3.89 Å². The van der Waals surface area contributed by atoms with Crippen molar-refractivity contribution in [1.82, 2.24) is 0 Å². The first-order valence-corrected chi connectivity index (χ1v) is 8.37. The van der Waals surface area contributed by atoms with Crippen LogP contribution in [-0.2, 0) is 10.2 Å². The van der Waals surface area contributed by atoms with Gasteiger partial charge in [0.2, 0.25) is 0 Å². The molecular formula is C16H11ClFNO4S. The maximum absolute atomic E-state index is 13.2. The molecule has 0 heterocycles. The maximum atomic E-state index is 13.2. The Morgan fingerprint density at radius 2 is 1.67 bits per heavy atom. The van der Waals surface area contributed by atoms with Gasteiger partial charge in [-0.1, -0.05) is 54.1 Å². The first-order chi connectivity index (χ1) is 11.3. The molecule has 0 atom stereocenters. The van der Waals surface area contributed by atoms with Crippen LogP contribution in [-0.4, -0.2) is 13.3 Å². The molecule has 0 amide bonds. The molecule has 0 N–H and O–H groups in total. The lowest BCUT2D eigenvalue weighted by Gasteiger charge is -2.00. The van der Waals surface area contributed by atoms with E-state index in [4.69, 9.17) is 11.6 Å². The molecule has 5 nitrogen and oxygen atoms in total. The summed E-state index contributed by atoms with van der Waals surface area (Å²) >= 11 is 5.95. The predicted molar refractivity (Wildman–Crippen MR) is 90.9 cm³/mol. The summed E-state index contributed by atoms with van der Waals surface area (Å²) in [5.74, 6) is 0. The van der Waals surface area contributed by atoms with Gasteiger partial charge in [0.1, 0.15) is 4.90 Å². The van der Waals surface area contributed by atoms with Gasteiger partial charge in [0.25, 0.3) is 5.69 Å². The number of benzene rings is 2. The van der Waals surface area contributed by atoms with Gasteiger partial charge >= 0.3 is 10.2 Å². The van der Waals surface area contributed by atoms with E-state index in [2.05, 4.69) is 0 Å². The zero-order chi connectivity index (χ0) is 17.7. The molecule has 24 heavy (non-hydrogen) atoms. The molecule has 2 rings (SSSR count). The number of nitro groups is 1. The number of halogens is 2. The molecule has 0 bridgehead atoms. The van der Waals surface area contributed by atoms with E-state index in [9.17, 15) is 22.4 Å². The second-order valence-electron chi connectivity index (χ2n) is 4.66. The van der Waals surface area contributed by atoms with Crippen LogP contribution in [0.5, 0.6) is 0 Å². The maximum Gasteiger partial charge on any atom is 0.332 e. The van der Waals surface area contributed by atoms with Crippen LogP contribution >= 0.6 is 11.6 Å². The number of hydrogen-bond donors (Lipinski definition) is 0. The lowest BCUT2D eigenvalue weighted by Crippen LogP contribution is -1.94. The van der Waals surface area contributed by atoms with E-state index in [1.54, 1.807) is 18.2 Å². The second-order valence-corrected chi connectivity index (χ2v) is 6.38. The normalized spacial score (nSPS) is 12.1. The Hall–Kier alpha value is -2.51. The standard InChI is InChI=1S/C16H11ClFNO4S/c17-15-11-14(19(20)21)10-9-12(15)5-1-2-6-13-7-3-4-8-16(13)24(18,22)23/h1-11H/b5-1+,6-2+. The van der Waals surface area contributed by atoms with Gasteiger partial charge in [0.05, 0.1) is 9.95 Å². The van der Waals surface area contributed by atoms with Crippen molar-refractivity contribution in [2.75, 3.05) is 0 Å². The summed E-state index contributed by atoms with van der Waals surface area (Å²) in [6.07, 6.45) is 6.10. The second kappa shape index (κ2) is 7.37. The minimum absolute atomic E-state index is 0.116. The average Bonchev–Trinajstić information content (AvgIpc) is 2.52. The molecule has 0 radical (unpaired) electrons. The highest BCUT2D eigenvalue weighted by molar-refractivity contribution is 7.86. The van der Waals surface area contributed by atoms with Crippen molar-refractivity contribution >= 4 is 39.7 Å². The van der Waals surface area contributed by atoms with Crippen molar-refractivity contribution in [3.63, 3.8) is 0 Å². The monoisotopic (exact) mass is 367 g/mol. The zero-order valence-electron chi connectivity index (χ0n) is 12.1. The summed E-state index contributed by atoms with van der Waals surface area (Å²) in [5.41, 5.74) is 0.646. The number of allylic oxidation sites excluding steroid dienone is 2. The minimum atomic E-state index is -4.80. The van der Waals surface area contributed by atoms with E-state index in [-0.39, 0.29) is 16.3 Å². The third-order valence-electron chi connectivity index (χ3n) is 3.04. The molecule has 0 aromatic heterocycles. The fourth-order valence-corrected chi connectivity index (χ4v) is 2.82. The van der Waals surface area contributed by atoms with Crippen LogP contribution in [0.15, 0.2) is 59.5 Å². The molecule has 2 aromatic rings. The van der Waals surface area contributed by atoms with Crippen LogP contribution < -0.4 is 0 Å². The van der Waals surface area contributed by atoms with Gasteiger partial charge in [0, 0.05) is 12.1 Å². The summed E-state index contributed by atoms with van der Waals surface area (Å²) in [6.45, 7) is 0. The fraction of sp³-hybridized carbons (Fsp3) is 0. The molecule has 0 saturated carbocycles. The third-order valence-corrected chi connectivity index (χ3v) is 4.26. The molecule has 0 unspecified atom stereocenters. The molecule has 0 aliphatic heterocycles. The van der Waals surface area contributed by atoms with Crippen molar-refractivity contribution in [3.05, 3.63) is 80.9 Å². The van der Waals surface area contributed by atoms with Gasteiger partial charge in [0.15, 0.2) is 0 Å². The van der Waals surface area contributed by atoms with Crippen molar-refractivity contribution in [2.45, 2.75) is 4.90 Å². The number of hydrogen-bond acceptors (Lipinski definition) is 4. The van der Waals surface area contributed by atoms with Gasteiger partial charge in [-0.25, -0.2) is 0 Å². The molecule has 0 spiro atoms. The molecular weight excluding hydrogens is 357 g/mol. The van der Waals surface area contributed by atoms with Crippen LogP contribution in [0.4, 0.5) is 9.57 Å². The first-order valence-electron chi connectivity index (χ1n) is 6.61. The molecule has 2 aromatic carbocycles. The Kier molecular flexibility index (Phi) is 5.48. The van der Waals surface area contributed by atoms with Gasteiger partial charge < -0.3 is 0 Å². The number of nitrogens with zero attached hydrogens (tertiary/aromatic N) is 1. The minimum Gasteiger partial charge on any atom is -0.258 e. The number of non-ortho nitro benzene ring substituents is 1. The topological polar surface area (TPSA) is 77.3 Å². The van der Waals surface area contributed by atoms with E-state index in [0.717, 1.165) is 0 Å². The van der Waals surface area contributed by atoms with Crippen molar-refractivity contribution in [3.8, 4) is 0 Å². The zero-order valence-corrected chi connectivity index (χ0v) is 13.7. The quantitative estimate of drug-likeness (QED) is 0.334. The summed E-state index contributed by atoms with van der Waals surface area (Å²) < 4.78 is 35.3. The van der Waals surface area contributed by atoms with Gasteiger partial charge in [-0.3, -0.25) is 10.1 Å². The Balaban J connectivity index is 2.21. The molecule has 0 saturated heterocycles. The van der Waals surface area contributed by atoms with E-state index in [0.29, 0.717) is 5.56 Å². The van der Waals surface area contributed by atoms with Crippen molar-refractivity contribution in [1.29, 1.82) is 0 Å². The largest absolute Gasteiger partial charge is 0.332 e. The molecule has 8 heteroatoms. The van der Waals surface area contributed by atoms with E-state index in [1.165, 1.54) is 48.6 Å². The van der Waals surface area contributed by atoms with Crippen LogP contribution in [0.2, 0.25) is 5.02 Å². The lowest BCUT2D eigenvalue weighted by atomic mass is 10.1. The van der Waals surface area contributed by atoms with Crippen molar-refractivity contribution in [2.24, 2.45) is 0 Å². The summed E-state index contributed by atoms with van der Waals surface area (Å²) in [5, 5.41) is 10.8. The smallest absolute Gasteiger partial charge is 0.258 e. The third kappa shape index (κ3) is 4.50. The molecule has 0 fully saturated rings. The highest BCUT2D eigenvalue weighted by atomic mass is 35.5. The van der Waals surface area contributed by atoms with Crippen LogP contribution in [0.3, 0.4) is 0 Å². The Labute approximate surface area is 143 Å². The van der Waals surface area contributed by atoms with E-state index >= 15 is 0 Å². The van der Waals surface area contributed by atoms with Crippen LogP contribution in [0.1, 0.15) is 11.1 Å². The molecule has 0 aliphatic carbocycles. The highest BCUT2D eigenvalue weighted by Crippen LogP contribution is 2.24. The Bertz CT molecular complexity index is 939. The number of rotatable bonds is 5. The first kappa shape index (κ1) is 17.8. The SMILES string of the molecule is O=[N+]([O-])c1ccc(/C=C/C=C/c2ccccc2S(=O)(=O)F)c(Cl)c1. The average molecular weight is 368 g/mol. The summed E-state index contributed by atoms with van der Waals surface area (Å²) in [4.78, 5) is 9.67. The molecule has 0 aliphatic rings. The number of nitro benzene ring substituents is 1. The summed E-state index contributed by atoms with van der Waals surface area (Å²) in [6, 6.07) is 9.70. The van der Waals surface area contributed by atoms with E-state index < -0.39 is 20.0 Å². The Morgan fingerprint density at radius 3 is 2.25 bits per heavy atom. The van der Waals surface area contributed by atoms with Crippen LogP contribution in [0.25, 0.3) is 12.2 Å². The summed E-state index contributed by atoms with van der Waals surface area (Å²) in [7, 11) is -4.80. The van der Waals surface area contributed by atoms with Gasteiger partial charge in [-0.05, 0) is 23.3 Å². The molecule has 124 valence electrons.